The first kappa shape index (κ1) is 12.1. The number of hydrogen-bond donors (Lipinski definition) is 1. The Morgan fingerprint density at radius 2 is 2.24 bits per heavy atom. The van der Waals surface area contributed by atoms with Crippen LogP contribution >= 0.6 is 11.6 Å². The van der Waals surface area contributed by atoms with Crippen molar-refractivity contribution in [2.24, 2.45) is 0 Å². The third-order valence-electron chi connectivity index (χ3n) is 2.46. The summed E-state index contributed by atoms with van der Waals surface area (Å²) in [4.78, 5) is 4.36. The first-order chi connectivity index (χ1) is 8.20. The lowest BCUT2D eigenvalue weighted by Crippen LogP contribution is -2.12. The van der Waals surface area contributed by atoms with Crippen molar-refractivity contribution in [3.05, 3.63) is 40.8 Å². The summed E-state index contributed by atoms with van der Waals surface area (Å²) in [5.41, 5.74) is 1.97. The second kappa shape index (κ2) is 5.29. The Bertz CT molecular complexity index is 470. The van der Waals surface area contributed by atoms with Crippen LogP contribution in [0.1, 0.15) is 18.2 Å². The number of nitrogens with one attached hydrogen (secondary N) is 1. The minimum Gasteiger partial charge on any atom is -0.313 e. The second-order valence-electron chi connectivity index (χ2n) is 3.81. The summed E-state index contributed by atoms with van der Waals surface area (Å²) in [6.07, 6.45) is 3.62. The molecule has 90 valence electrons. The van der Waals surface area contributed by atoms with Gasteiger partial charge in [0.05, 0.1) is 16.9 Å². The molecule has 5 heteroatoms. The zero-order chi connectivity index (χ0) is 12.3. The van der Waals surface area contributed by atoms with Crippen molar-refractivity contribution in [1.82, 2.24) is 20.1 Å². The fourth-order valence-corrected chi connectivity index (χ4v) is 1.61. The highest BCUT2D eigenvalue weighted by Crippen LogP contribution is 2.15. The highest BCUT2D eigenvalue weighted by molar-refractivity contribution is 6.31. The van der Waals surface area contributed by atoms with Gasteiger partial charge in [0.2, 0.25) is 0 Å². The molecule has 2 aromatic rings. The van der Waals surface area contributed by atoms with E-state index in [1.54, 1.807) is 10.9 Å². The number of pyridine rings is 1. The molecule has 2 heterocycles. The van der Waals surface area contributed by atoms with Crippen molar-refractivity contribution < 1.29 is 0 Å². The quantitative estimate of drug-likeness (QED) is 0.906. The minimum atomic E-state index is 0.656. The summed E-state index contributed by atoms with van der Waals surface area (Å²) in [6, 6.07) is 3.98. The topological polar surface area (TPSA) is 42.7 Å². The molecule has 17 heavy (non-hydrogen) atoms. The van der Waals surface area contributed by atoms with Crippen LogP contribution in [-0.4, -0.2) is 21.3 Å². The van der Waals surface area contributed by atoms with Crippen molar-refractivity contribution in [3.63, 3.8) is 0 Å². The molecule has 4 nitrogen and oxygen atoms in total. The lowest BCUT2D eigenvalue weighted by atomic mass is 10.3. The first-order valence-corrected chi connectivity index (χ1v) is 5.96. The van der Waals surface area contributed by atoms with Gasteiger partial charge in [-0.2, -0.15) is 5.10 Å². The van der Waals surface area contributed by atoms with Crippen molar-refractivity contribution in [2.75, 3.05) is 6.54 Å². The van der Waals surface area contributed by atoms with Crippen LogP contribution in [-0.2, 0) is 6.54 Å². The maximum Gasteiger partial charge on any atom is 0.153 e. The van der Waals surface area contributed by atoms with E-state index in [0.717, 1.165) is 30.2 Å². The van der Waals surface area contributed by atoms with E-state index in [-0.39, 0.29) is 0 Å². The molecule has 0 amide bonds. The number of rotatable bonds is 4. The second-order valence-corrected chi connectivity index (χ2v) is 4.22. The molecule has 0 spiro atoms. The summed E-state index contributed by atoms with van der Waals surface area (Å²) in [5, 5.41) is 8.19. The summed E-state index contributed by atoms with van der Waals surface area (Å²) >= 11 is 5.96. The number of aromatic nitrogens is 3. The van der Waals surface area contributed by atoms with Crippen LogP contribution in [0.4, 0.5) is 0 Å². The molecule has 0 saturated heterocycles. The molecule has 2 rings (SSSR count). The van der Waals surface area contributed by atoms with E-state index < -0.39 is 0 Å². The van der Waals surface area contributed by atoms with Gasteiger partial charge in [-0.3, -0.25) is 0 Å². The number of nitrogens with zero attached hydrogens (tertiary/aromatic N) is 3. The Hall–Kier alpha value is -1.39. The number of hydrogen-bond acceptors (Lipinski definition) is 3. The van der Waals surface area contributed by atoms with E-state index in [1.165, 1.54) is 0 Å². The molecule has 0 unspecified atom stereocenters. The normalized spacial score (nSPS) is 10.8. The van der Waals surface area contributed by atoms with Crippen molar-refractivity contribution in [2.45, 2.75) is 20.4 Å². The van der Waals surface area contributed by atoms with Gasteiger partial charge < -0.3 is 5.32 Å². The monoisotopic (exact) mass is 250 g/mol. The molecule has 0 aromatic carbocycles. The molecular formula is C12H15ClN4. The number of halogens is 1. The third-order valence-corrected chi connectivity index (χ3v) is 2.83. The Morgan fingerprint density at radius 3 is 2.76 bits per heavy atom. The van der Waals surface area contributed by atoms with E-state index in [9.17, 15) is 0 Å². The Labute approximate surface area is 106 Å². The van der Waals surface area contributed by atoms with E-state index in [0.29, 0.717) is 5.02 Å². The van der Waals surface area contributed by atoms with E-state index in [4.69, 9.17) is 11.6 Å². The molecule has 0 saturated carbocycles. The van der Waals surface area contributed by atoms with Crippen molar-refractivity contribution >= 4 is 11.6 Å². The van der Waals surface area contributed by atoms with E-state index in [2.05, 4.69) is 22.3 Å². The maximum absolute atomic E-state index is 5.96. The average Bonchev–Trinajstić information content (AvgIpc) is 2.68. The van der Waals surface area contributed by atoms with Gasteiger partial charge in [-0.05, 0) is 25.1 Å². The predicted octanol–water partition coefficient (Wildman–Crippen LogP) is 2.34. The molecule has 0 aliphatic rings. The van der Waals surface area contributed by atoms with Crippen LogP contribution in [0.2, 0.25) is 5.02 Å². The Balaban J connectivity index is 2.17. The summed E-state index contributed by atoms with van der Waals surface area (Å²) in [5.74, 6) is 0.778. The zero-order valence-corrected chi connectivity index (χ0v) is 10.7. The number of aryl methyl sites for hydroxylation is 1. The zero-order valence-electron chi connectivity index (χ0n) is 9.94. The van der Waals surface area contributed by atoms with Crippen LogP contribution in [0.5, 0.6) is 0 Å². The summed E-state index contributed by atoms with van der Waals surface area (Å²) in [7, 11) is 0. The molecule has 0 radical (unpaired) electrons. The minimum absolute atomic E-state index is 0.656. The van der Waals surface area contributed by atoms with Gasteiger partial charge in [-0.1, -0.05) is 24.6 Å². The van der Waals surface area contributed by atoms with Gasteiger partial charge in [-0.15, -0.1) is 0 Å². The maximum atomic E-state index is 5.96. The standard InChI is InChI=1S/C12H15ClN4/c1-3-14-6-10-4-5-12(15-7-10)17-8-11(13)9(2)16-17/h4-5,7-8,14H,3,6H2,1-2H3. The molecule has 0 fully saturated rings. The van der Waals surface area contributed by atoms with Gasteiger partial charge in [0, 0.05) is 12.7 Å². The van der Waals surface area contributed by atoms with Crippen LogP contribution in [0.15, 0.2) is 24.5 Å². The Morgan fingerprint density at radius 1 is 1.41 bits per heavy atom. The third kappa shape index (κ3) is 2.84. The fourth-order valence-electron chi connectivity index (χ4n) is 1.48. The fraction of sp³-hybridized carbons (Fsp3) is 0.333. The SMILES string of the molecule is CCNCc1ccc(-n2cc(Cl)c(C)n2)nc1. The van der Waals surface area contributed by atoms with E-state index >= 15 is 0 Å². The van der Waals surface area contributed by atoms with Gasteiger partial charge in [0.1, 0.15) is 0 Å². The van der Waals surface area contributed by atoms with Crippen molar-refractivity contribution in [3.8, 4) is 5.82 Å². The molecule has 0 atom stereocenters. The summed E-state index contributed by atoms with van der Waals surface area (Å²) in [6.45, 7) is 5.74. The predicted molar refractivity (Wildman–Crippen MR) is 68.5 cm³/mol. The molecule has 0 aliphatic carbocycles. The average molecular weight is 251 g/mol. The largest absolute Gasteiger partial charge is 0.313 e. The molecule has 1 N–H and O–H groups in total. The van der Waals surface area contributed by atoms with Crippen LogP contribution in [0, 0.1) is 6.92 Å². The van der Waals surface area contributed by atoms with Crippen LogP contribution in [0.25, 0.3) is 5.82 Å². The van der Waals surface area contributed by atoms with E-state index in [1.807, 2.05) is 25.3 Å². The van der Waals surface area contributed by atoms with Gasteiger partial charge >= 0.3 is 0 Å². The Kier molecular flexibility index (Phi) is 3.76. The summed E-state index contributed by atoms with van der Waals surface area (Å²) < 4.78 is 1.69. The highest BCUT2D eigenvalue weighted by Gasteiger charge is 2.04. The van der Waals surface area contributed by atoms with Gasteiger partial charge in [-0.25, -0.2) is 9.67 Å². The molecule has 2 aromatic heterocycles. The smallest absolute Gasteiger partial charge is 0.153 e. The molecular weight excluding hydrogens is 236 g/mol. The van der Waals surface area contributed by atoms with Gasteiger partial charge in [0.15, 0.2) is 5.82 Å². The lowest BCUT2D eigenvalue weighted by Gasteiger charge is -2.03. The van der Waals surface area contributed by atoms with Gasteiger partial charge in [0.25, 0.3) is 0 Å². The lowest BCUT2D eigenvalue weighted by molar-refractivity contribution is 0.722. The van der Waals surface area contributed by atoms with Crippen LogP contribution < -0.4 is 5.32 Å². The first-order valence-electron chi connectivity index (χ1n) is 5.58. The van der Waals surface area contributed by atoms with Crippen molar-refractivity contribution in [1.29, 1.82) is 0 Å². The highest BCUT2D eigenvalue weighted by atomic mass is 35.5. The van der Waals surface area contributed by atoms with Crippen LogP contribution in [0.3, 0.4) is 0 Å². The molecule has 0 aliphatic heterocycles. The molecule has 0 bridgehead atoms.